The van der Waals surface area contributed by atoms with Crippen LogP contribution in [0.4, 0.5) is 0 Å². The molecule has 0 spiro atoms. The topological polar surface area (TPSA) is 119 Å². The second-order valence-electron chi connectivity index (χ2n) is 7.51. The Balaban J connectivity index is 1.47. The summed E-state index contributed by atoms with van der Waals surface area (Å²) >= 11 is 0. The molecule has 31 heavy (non-hydrogen) atoms. The van der Waals surface area contributed by atoms with Gasteiger partial charge in [-0.1, -0.05) is 12.1 Å². The molecular formula is C20H22N2O7S2. The highest BCUT2D eigenvalue weighted by molar-refractivity contribution is 7.91. The van der Waals surface area contributed by atoms with E-state index in [9.17, 15) is 21.6 Å². The van der Waals surface area contributed by atoms with Gasteiger partial charge in [0, 0.05) is 25.2 Å². The Morgan fingerprint density at radius 1 is 1.16 bits per heavy atom. The SMILES string of the molecule is CN(C(=O)c1cccc(S(=O)(=O)NCc2ccc3c(c2)OCO3)c1)C1CCS(=O)(=O)C1. The summed E-state index contributed by atoms with van der Waals surface area (Å²) in [5.41, 5.74) is 0.875. The van der Waals surface area contributed by atoms with Gasteiger partial charge in [-0.25, -0.2) is 21.6 Å². The number of amides is 1. The van der Waals surface area contributed by atoms with Gasteiger partial charge in [-0.15, -0.1) is 0 Å². The lowest BCUT2D eigenvalue weighted by atomic mass is 10.1. The summed E-state index contributed by atoms with van der Waals surface area (Å²) in [5.74, 6) is 0.714. The number of ether oxygens (including phenoxy) is 2. The monoisotopic (exact) mass is 466 g/mol. The Bertz CT molecular complexity index is 1230. The van der Waals surface area contributed by atoms with E-state index < -0.39 is 31.8 Å². The molecule has 2 aliphatic rings. The Kier molecular flexibility index (Phi) is 5.67. The number of nitrogens with zero attached hydrogens (tertiary/aromatic N) is 1. The lowest BCUT2D eigenvalue weighted by Gasteiger charge is -2.23. The van der Waals surface area contributed by atoms with Crippen molar-refractivity contribution in [1.29, 1.82) is 0 Å². The smallest absolute Gasteiger partial charge is 0.253 e. The fraction of sp³-hybridized carbons (Fsp3) is 0.350. The van der Waals surface area contributed by atoms with E-state index in [1.54, 1.807) is 18.2 Å². The molecular weight excluding hydrogens is 444 g/mol. The van der Waals surface area contributed by atoms with Gasteiger partial charge in [0.15, 0.2) is 21.3 Å². The molecule has 0 bridgehead atoms. The minimum absolute atomic E-state index is 0.0387. The van der Waals surface area contributed by atoms with Crippen LogP contribution in [0.5, 0.6) is 11.5 Å². The summed E-state index contributed by atoms with van der Waals surface area (Å²) in [4.78, 5) is 14.1. The van der Waals surface area contributed by atoms with Gasteiger partial charge in [-0.05, 0) is 42.3 Å². The van der Waals surface area contributed by atoms with Crippen LogP contribution < -0.4 is 14.2 Å². The molecule has 11 heteroatoms. The maximum absolute atomic E-state index is 12.8. The highest BCUT2D eigenvalue weighted by Gasteiger charge is 2.33. The molecule has 1 atom stereocenters. The van der Waals surface area contributed by atoms with Gasteiger partial charge >= 0.3 is 0 Å². The Hall–Kier alpha value is -2.63. The number of rotatable bonds is 6. The zero-order valence-electron chi connectivity index (χ0n) is 16.8. The number of hydrogen-bond donors (Lipinski definition) is 1. The van der Waals surface area contributed by atoms with Crippen molar-refractivity contribution < 1.29 is 31.1 Å². The molecule has 1 unspecified atom stereocenters. The van der Waals surface area contributed by atoms with Crippen LogP contribution in [0.2, 0.25) is 0 Å². The highest BCUT2D eigenvalue weighted by Crippen LogP contribution is 2.32. The summed E-state index contributed by atoms with van der Waals surface area (Å²) in [5, 5.41) is 0. The van der Waals surface area contributed by atoms with Crippen molar-refractivity contribution in [2.45, 2.75) is 23.9 Å². The standard InChI is InChI=1S/C20H22N2O7S2/c1-22(16-7-8-30(24,25)12-16)20(23)15-3-2-4-17(10-15)31(26,27)21-11-14-5-6-18-19(9-14)29-13-28-18/h2-6,9-10,16,21H,7-8,11-13H2,1H3. The molecule has 2 heterocycles. The molecule has 1 saturated heterocycles. The molecule has 1 N–H and O–H groups in total. The number of carbonyl (C=O) groups excluding carboxylic acids is 1. The Morgan fingerprint density at radius 2 is 1.94 bits per heavy atom. The second-order valence-corrected chi connectivity index (χ2v) is 11.5. The average Bonchev–Trinajstić information content (AvgIpc) is 3.36. The van der Waals surface area contributed by atoms with Crippen molar-refractivity contribution in [3.8, 4) is 11.5 Å². The van der Waals surface area contributed by atoms with Crippen LogP contribution in [0, 0.1) is 0 Å². The third kappa shape index (κ3) is 4.68. The number of nitrogens with one attached hydrogen (secondary N) is 1. The largest absolute Gasteiger partial charge is 0.454 e. The van der Waals surface area contributed by atoms with Crippen LogP contribution in [-0.2, 0) is 26.4 Å². The minimum Gasteiger partial charge on any atom is -0.454 e. The molecule has 2 aromatic carbocycles. The van der Waals surface area contributed by atoms with Crippen molar-refractivity contribution in [2.24, 2.45) is 0 Å². The van der Waals surface area contributed by atoms with Crippen molar-refractivity contribution in [2.75, 3.05) is 25.3 Å². The van der Waals surface area contributed by atoms with Gasteiger partial charge in [0.2, 0.25) is 16.8 Å². The minimum atomic E-state index is -3.88. The first-order valence-electron chi connectivity index (χ1n) is 9.60. The van der Waals surface area contributed by atoms with Gasteiger partial charge in [0.1, 0.15) is 0 Å². The van der Waals surface area contributed by atoms with Crippen molar-refractivity contribution in [3.05, 3.63) is 53.6 Å². The number of hydrogen-bond acceptors (Lipinski definition) is 7. The first kappa shape index (κ1) is 21.6. The van der Waals surface area contributed by atoms with E-state index in [4.69, 9.17) is 9.47 Å². The van der Waals surface area contributed by atoms with Gasteiger partial charge in [-0.3, -0.25) is 4.79 Å². The third-order valence-electron chi connectivity index (χ3n) is 5.37. The maximum atomic E-state index is 12.8. The Morgan fingerprint density at radius 3 is 2.68 bits per heavy atom. The Labute approximate surface area is 180 Å². The van der Waals surface area contributed by atoms with E-state index in [1.807, 2.05) is 0 Å². The molecule has 166 valence electrons. The predicted octanol–water partition coefficient (Wildman–Crippen LogP) is 1.15. The second kappa shape index (κ2) is 8.13. The zero-order valence-corrected chi connectivity index (χ0v) is 18.4. The van der Waals surface area contributed by atoms with Crippen molar-refractivity contribution >= 4 is 25.8 Å². The molecule has 4 rings (SSSR count). The number of sulfone groups is 1. The van der Waals surface area contributed by atoms with Crippen LogP contribution in [0.15, 0.2) is 47.4 Å². The third-order valence-corrected chi connectivity index (χ3v) is 8.52. The summed E-state index contributed by atoms with van der Waals surface area (Å²) in [7, 11) is -5.49. The molecule has 0 aromatic heterocycles. The fourth-order valence-corrected chi connectivity index (χ4v) is 6.40. The lowest BCUT2D eigenvalue weighted by Crippen LogP contribution is -2.37. The first-order chi connectivity index (χ1) is 14.6. The van der Waals surface area contributed by atoms with E-state index in [0.717, 1.165) is 0 Å². The molecule has 1 amide bonds. The predicted molar refractivity (Wildman–Crippen MR) is 112 cm³/mol. The van der Waals surface area contributed by atoms with Crippen LogP contribution in [0.25, 0.3) is 0 Å². The number of fused-ring (bicyclic) bond motifs is 1. The molecule has 0 saturated carbocycles. The molecule has 9 nitrogen and oxygen atoms in total. The molecule has 2 aliphatic heterocycles. The lowest BCUT2D eigenvalue weighted by molar-refractivity contribution is 0.0747. The summed E-state index contributed by atoms with van der Waals surface area (Å²) < 4.78 is 62.0. The highest BCUT2D eigenvalue weighted by atomic mass is 32.2. The number of benzene rings is 2. The summed E-state index contributed by atoms with van der Waals surface area (Å²) in [6.07, 6.45) is 0.375. The average molecular weight is 467 g/mol. The van der Waals surface area contributed by atoms with Gasteiger partial charge in [-0.2, -0.15) is 0 Å². The van der Waals surface area contributed by atoms with Crippen molar-refractivity contribution in [3.63, 3.8) is 0 Å². The van der Waals surface area contributed by atoms with Crippen molar-refractivity contribution in [1.82, 2.24) is 9.62 Å². The van der Waals surface area contributed by atoms with Crippen LogP contribution in [-0.4, -0.2) is 59.0 Å². The number of sulfonamides is 1. The molecule has 0 radical (unpaired) electrons. The maximum Gasteiger partial charge on any atom is 0.253 e. The van der Waals surface area contributed by atoms with E-state index in [0.29, 0.717) is 23.5 Å². The normalized spacial score (nSPS) is 19.3. The quantitative estimate of drug-likeness (QED) is 0.678. The van der Waals surface area contributed by atoms with Crippen LogP contribution in [0.1, 0.15) is 22.3 Å². The molecule has 0 aliphatic carbocycles. The molecule has 1 fully saturated rings. The van der Waals surface area contributed by atoms with Gasteiger partial charge in [0.25, 0.3) is 5.91 Å². The van der Waals surface area contributed by atoms with E-state index in [2.05, 4.69) is 4.72 Å². The summed E-state index contributed by atoms with van der Waals surface area (Å²) in [6, 6.07) is 10.4. The van der Waals surface area contributed by atoms with E-state index in [-0.39, 0.29) is 35.3 Å². The van der Waals surface area contributed by atoms with Crippen LogP contribution >= 0.6 is 0 Å². The van der Waals surface area contributed by atoms with Gasteiger partial charge in [0.05, 0.1) is 16.4 Å². The van der Waals surface area contributed by atoms with E-state index in [1.165, 1.54) is 36.2 Å². The van der Waals surface area contributed by atoms with E-state index >= 15 is 0 Å². The van der Waals surface area contributed by atoms with Gasteiger partial charge < -0.3 is 14.4 Å². The summed E-state index contributed by atoms with van der Waals surface area (Å²) in [6.45, 7) is 0.170. The van der Waals surface area contributed by atoms with Crippen LogP contribution in [0.3, 0.4) is 0 Å². The first-order valence-corrected chi connectivity index (χ1v) is 12.9. The molecule has 2 aromatic rings. The zero-order chi connectivity index (χ0) is 22.2. The fourth-order valence-electron chi connectivity index (χ4n) is 3.56. The number of carbonyl (C=O) groups is 1.